The first-order valence-corrected chi connectivity index (χ1v) is 4.06. The van der Waals surface area contributed by atoms with Gasteiger partial charge in [-0.3, -0.25) is 0 Å². The third kappa shape index (κ3) is 5.49. The van der Waals surface area contributed by atoms with Gasteiger partial charge in [0.15, 0.2) is 0 Å². The summed E-state index contributed by atoms with van der Waals surface area (Å²) >= 11 is 1.75. The Balaban J connectivity index is 3.07. The Bertz CT molecular complexity index is 92.2. The van der Waals surface area contributed by atoms with E-state index >= 15 is 0 Å². The van der Waals surface area contributed by atoms with Crippen molar-refractivity contribution in [3.8, 4) is 0 Å². The molecule has 0 bridgehead atoms. The van der Waals surface area contributed by atoms with Crippen molar-refractivity contribution >= 4 is 17.6 Å². The van der Waals surface area contributed by atoms with Crippen LogP contribution in [0.1, 0.15) is 13.3 Å². The van der Waals surface area contributed by atoms with Crippen LogP contribution in [0.5, 0.6) is 0 Å². The second-order valence-corrected chi connectivity index (χ2v) is 2.78. The molecule has 0 aromatic rings. The number of rotatable bonds is 4. The maximum atomic E-state index is 5.32. The summed E-state index contributed by atoms with van der Waals surface area (Å²) in [6.07, 6.45) is 1.17. The molecule has 54 valence electrons. The van der Waals surface area contributed by atoms with Gasteiger partial charge in [-0.2, -0.15) is 16.9 Å². The van der Waals surface area contributed by atoms with Gasteiger partial charge in [-0.25, -0.2) is 0 Å². The fourth-order valence-corrected chi connectivity index (χ4v) is 1.08. The molecule has 0 radical (unpaired) electrons. The van der Waals surface area contributed by atoms with Crippen molar-refractivity contribution in [3.63, 3.8) is 0 Å². The minimum absolute atomic E-state index is 0.522. The molecule has 9 heavy (non-hydrogen) atoms. The van der Waals surface area contributed by atoms with Crippen molar-refractivity contribution < 1.29 is 0 Å². The summed E-state index contributed by atoms with van der Waals surface area (Å²) in [7, 11) is 0. The van der Waals surface area contributed by atoms with Gasteiger partial charge in [-0.15, -0.1) is 0 Å². The lowest BCUT2D eigenvalue weighted by atomic mass is 10.6. The van der Waals surface area contributed by atoms with Crippen LogP contribution in [0.15, 0.2) is 5.10 Å². The highest BCUT2D eigenvalue weighted by Crippen LogP contribution is 1.99. The Labute approximate surface area is 59.9 Å². The standard InChI is InChI=1S/C5H13N3S/c1-2-3-9-4-5(6)8-7/h2-4,7H2,1H3,(H2,6,8). The molecule has 0 unspecified atom stereocenters. The minimum Gasteiger partial charge on any atom is -0.385 e. The van der Waals surface area contributed by atoms with Crippen LogP contribution in [0.2, 0.25) is 0 Å². The molecule has 0 fully saturated rings. The molecule has 0 aliphatic heterocycles. The third-order valence-corrected chi connectivity index (χ3v) is 1.96. The number of hydrazone groups is 1. The number of hydrogen-bond acceptors (Lipinski definition) is 3. The first-order valence-electron chi connectivity index (χ1n) is 2.91. The van der Waals surface area contributed by atoms with E-state index in [0.29, 0.717) is 5.84 Å². The lowest BCUT2D eigenvalue weighted by Gasteiger charge is -1.95. The molecule has 0 aliphatic carbocycles. The van der Waals surface area contributed by atoms with Gasteiger partial charge in [0.2, 0.25) is 0 Å². The van der Waals surface area contributed by atoms with Gasteiger partial charge in [0.05, 0.1) is 5.75 Å². The summed E-state index contributed by atoms with van der Waals surface area (Å²) in [6.45, 7) is 2.13. The zero-order chi connectivity index (χ0) is 7.11. The van der Waals surface area contributed by atoms with E-state index in [1.807, 2.05) is 0 Å². The molecule has 0 atom stereocenters. The number of nitrogens with zero attached hydrogens (tertiary/aromatic N) is 1. The van der Waals surface area contributed by atoms with Crippen molar-refractivity contribution in [3.05, 3.63) is 0 Å². The normalized spacial score (nSPS) is 11.9. The monoisotopic (exact) mass is 147 g/mol. The molecule has 0 aromatic heterocycles. The van der Waals surface area contributed by atoms with Gasteiger partial charge in [-0.05, 0) is 12.2 Å². The highest BCUT2D eigenvalue weighted by Gasteiger charge is 1.89. The smallest absolute Gasteiger partial charge is 0.129 e. The molecule has 0 aliphatic rings. The number of hydrogen-bond donors (Lipinski definition) is 2. The van der Waals surface area contributed by atoms with Crippen molar-refractivity contribution in [2.24, 2.45) is 16.7 Å². The Kier molecular flexibility index (Phi) is 5.51. The first-order chi connectivity index (χ1) is 4.31. The van der Waals surface area contributed by atoms with E-state index in [4.69, 9.17) is 11.6 Å². The molecule has 0 saturated carbocycles. The SMILES string of the molecule is CCCSCC(N)=NN. The molecule has 4 heteroatoms. The van der Waals surface area contributed by atoms with Crippen molar-refractivity contribution in [1.29, 1.82) is 0 Å². The van der Waals surface area contributed by atoms with Crippen molar-refractivity contribution in [2.45, 2.75) is 13.3 Å². The average molecular weight is 147 g/mol. The summed E-state index contributed by atoms with van der Waals surface area (Å²) in [5.41, 5.74) is 5.32. The molecule has 0 spiro atoms. The highest BCUT2D eigenvalue weighted by atomic mass is 32.2. The van der Waals surface area contributed by atoms with Crippen LogP contribution >= 0.6 is 11.8 Å². The average Bonchev–Trinajstić information content (AvgIpc) is 1.89. The van der Waals surface area contributed by atoms with E-state index in [1.54, 1.807) is 11.8 Å². The van der Waals surface area contributed by atoms with Gasteiger partial charge in [0, 0.05) is 0 Å². The van der Waals surface area contributed by atoms with Gasteiger partial charge < -0.3 is 11.6 Å². The Hall–Kier alpha value is -0.380. The molecule has 0 amide bonds. The predicted molar refractivity (Wildman–Crippen MR) is 43.4 cm³/mol. The molecule has 4 N–H and O–H groups in total. The zero-order valence-electron chi connectivity index (χ0n) is 5.63. The van der Waals surface area contributed by atoms with E-state index in [0.717, 1.165) is 11.5 Å². The van der Waals surface area contributed by atoms with Gasteiger partial charge in [0.1, 0.15) is 5.84 Å². The fraction of sp³-hybridized carbons (Fsp3) is 0.800. The molecule has 0 heterocycles. The van der Waals surface area contributed by atoms with E-state index in [2.05, 4.69) is 12.0 Å². The van der Waals surface area contributed by atoms with E-state index < -0.39 is 0 Å². The number of thioether (sulfide) groups is 1. The maximum absolute atomic E-state index is 5.32. The topological polar surface area (TPSA) is 64.4 Å². The van der Waals surface area contributed by atoms with E-state index in [1.165, 1.54) is 6.42 Å². The van der Waals surface area contributed by atoms with Crippen molar-refractivity contribution in [1.82, 2.24) is 0 Å². The summed E-state index contributed by atoms with van der Waals surface area (Å²) < 4.78 is 0. The van der Waals surface area contributed by atoms with Crippen LogP contribution in [0, 0.1) is 0 Å². The van der Waals surface area contributed by atoms with Crippen LogP contribution in [-0.2, 0) is 0 Å². The Morgan fingerprint density at radius 2 is 2.33 bits per heavy atom. The van der Waals surface area contributed by atoms with Crippen LogP contribution in [0.3, 0.4) is 0 Å². The second kappa shape index (κ2) is 5.75. The molecule has 3 nitrogen and oxygen atoms in total. The van der Waals surface area contributed by atoms with Gasteiger partial charge >= 0.3 is 0 Å². The first kappa shape index (κ1) is 8.62. The van der Waals surface area contributed by atoms with Crippen LogP contribution in [0.25, 0.3) is 0 Å². The van der Waals surface area contributed by atoms with Crippen LogP contribution in [0.4, 0.5) is 0 Å². The van der Waals surface area contributed by atoms with E-state index in [-0.39, 0.29) is 0 Å². The quantitative estimate of drug-likeness (QED) is 0.198. The molecule has 0 aromatic carbocycles. The Morgan fingerprint density at radius 3 is 2.78 bits per heavy atom. The minimum atomic E-state index is 0.522. The fourth-order valence-electron chi connectivity index (χ4n) is 0.358. The Morgan fingerprint density at radius 1 is 1.67 bits per heavy atom. The van der Waals surface area contributed by atoms with Crippen LogP contribution < -0.4 is 11.6 Å². The third-order valence-electron chi connectivity index (χ3n) is 0.764. The number of nitrogens with two attached hydrogens (primary N) is 2. The van der Waals surface area contributed by atoms with Crippen molar-refractivity contribution in [2.75, 3.05) is 11.5 Å². The summed E-state index contributed by atoms with van der Waals surface area (Å²) in [4.78, 5) is 0. The van der Waals surface area contributed by atoms with E-state index in [9.17, 15) is 0 Å². The predicted octanol–water partition coefficient (Wildman–Crippen LogP) is 0.361. The molecule has 0 saturated heterocycles. The van der Waals surface area contributed by atoms with Crippen LogP contribution in [-0.4, -0.2) is 17.3 Å². The second-order valence-electron chi connectivity index (χ2n) is 1.67. The molecule has 0 rings (SSSR count). The molecular weight excluding hydrogens is 134 g/mol. The molecular formula is C5H13N3S. The maximum Gasteiger partial charge on any atom is 0.129 e. The largest absolute Gasteiger partial charge is 0.385 e. The lowest BCUT2D eigenvalue weighted by molar-refractivity contribution is 1.11. The summed E-state index contributed by atoms with van der Waals surface area (Å²) in [5, 5.41) is 3.33. The number of amidine groups is 1. The lowest BCUT2D eigenvalue weighted by Crippen LogP contribution is -2.16. The zero-order valence-corrected chi connectivity index (χ0v) is 6.45. The summed E-state index contributed by atoms with van der Waals surface area (Å²) in [5.74, 6) is 7.30. The highest BCUT2D eigenvalue weighted by molar-refractivity contribution is 7.99. The van der Waals surface area contributed by atoms with Gasteiger partial charge in [-0.1, -0.05) is 6.92 Å². The summed E-state index contributed by atoms with van der Waals surface area (Å²) in [6, 6.07) is 0. The van der Waals surface area contributed by atoms with Gasteiger partial charge in [0.25, 0.3) is 0 Å².